The molecule has 0 saturated carbocycles. The Morgan fingerprint density at radius 2 is 1.32 bits per heavy atom. The zero-order valence-electron chi connectivity index (χ0n) is 16.9. The van der Waals surface area contributed by atoms with E-state index in [1.54, 1.807) is 14.2 Å². The fraction of sp³-hybridized carbons (Fsp3) is 0.292. The highest BCUT2D eigenvalue weighted by atomic mass is 16.5. The van der Waals surface area contributed by atoms with Crippen molar-refractivity contribution in [3.63, 3.8) is 0 Å². The van der Waals surface area contributed by atoms with Crippen LogP contribution < -0.4 is 9.47 Å². The number of likely N-dealkylation sites (tertiary alicyclic amines) is 1. The van der Waals surface area contributed by atoms with Gasteiger partial charge in [-0.2, -0.15) is 0 Å². The van der Waals surface area contributed by atoms with Gasteiger partial charge in [0.25, 0.3) is 0 Å². The number of benzene rings is 2. The van der Waals surface area contributed by atoms with Crippen LogP contribution in [0.5, 0.6) is 11.5 Å². The second-order valence-corrected chi connectivity index (χ2v) is 7.22. The van der Waals surface area contributed by atoms with Gasteiger partial charge in [-0.3, -0.25) is 9.69 Å². The van der Waals surface area contributed by atoms with Crippen LogP contribution >= 0.6 is 0 Å². The lowest BCUT2D eigenvalue weighted by molar-refractivity contribution is -0.113. The number of ketones is 1. The highest BCUT2D eigenvalue weighted by molar-refractivity contribution is 6.14. The standard InChI is InChI=1S/C24H27NO3/c1-17(2)25-15-20(11-18-7-5-9-22(13-18)27-3)24(26)21(16-25)12-19-8-6-10-23(14-19)28-4/h5-14,17H,15-16H2,1-4H3/b20-11-,21-12+. The minimum atomic E-state index is 0.0996. The lowest BCUT2D eigenvalue weighted by atomic mass is 9.93. The molecule has 146 valence electrons. The summed E-state index contributed by atoms with van der Waals surface area (Å²) in [6.45, 7) is 5.59. The normalized spacial score (nSPS) is 18.1. The van der Waals surface area contributed by atoms with E-state index in [0.717, 1.165) is 33.8 Å². The minimum absolute atomic E-state index is 0.0996. The summed E-state index contributed by atoms with van der Waals surface area (Å²) >= 11 is 0. The lowest BCUT2D eigenvalue weighted by Gasteiger charge is -2.32. The molecule has 0 atom stereocenters. The molecule has 1 aliphatic heterocycles. The maximum Gasteiger partial charge on any atom is 0.187 e. The Morgan fingerprint density at radius 1 is 0.857 bits per heavy atom. The third kappa shape index (κ3) is 4.70. The van der Waals surface area contributed by atoms with E-state index in [9.17, 15) is 4.79 Å². The Kier molecular flexibility index (Phi) is 6.32. The fourth-order valence-electron chi connectivity index (χ4n) is 3.30. The third-order valence-electron chi connectivity index (χ3n) is 4.93. The third-order valence-corrected chi connectivity index (χ3v) is 4.93. The van der Waals surface area contributed by atoms with E-state index >= 15 is 0 Å². The highest BCUT2D eigenvalue weighted by Gasteiger charge is 2.27. The molecular weight excluding hydrogens is 350 g/mol. The maximum absolute atomic E-state index is 13.2. The first kappa shape index (κ1) is 19.9. The number of nitrogens with zero attached hydrogens (tertiary/aromatic N) is 1. The molecule has 3 rings (SSSR count). The van der Waals surface area contributed by atoms with Gasteiger partial charge in [0.1, 0.15) is 11.5 Å². The quantitative estimate of drug-likeness (QED) is 0.721. The Labute approximate surface area is 167 Å². The molecule has 28 heavy (non-hydrogen) atoms. The van der Waals surface area contributed by atoms with Gasteiger partial charge >= 0.3 is 0 Å². The largest absolute Gasteiger partial charge is 0.497 e. The average molecular weight is 377 g/mol. The van der Waals surface area contributed by atoms with Crippen LogP contribution in [0.2, 0.25) is 0 Å². The first-order valence-corrected chi connectivity index (χ1v) is 9.48. The molecule has 1 heterocycles. The molecule has 0 spiro atoms. The molecule has 2 aromatic rings. The number of hydrogen-bond acceptors (Lipinski definition) is 4. The fourth-order valence-corrected chi connectivity index (χ4v) is 3.30. The van der Waals surface area contributed by atoms with Crippen molar-refractivity contribution in [3.8, 4) is 11.5 Å². The van der Waals surface area contributed by atoms with E-state index in [4.69, 9.17) is 9.47 Å². The number of carbonyl (C=O) groups excluding carboxylic acids is 1. The smallest absolute Gasteiger partial charge is 0.187 e. The van der Waals surface area contributed by atoms with Gasteiger partial charge in [0.15, 0.2) is 5.78 Å². The number of methoxy groups -OCH3 is 2. The molecule has 4 heteroatoms. The molecule has 1 fully saturated rings. The van der Waals surface area contributed by atoms with E-state index in [0.29, 0.717) is 19.1 Å². The predicted molar refractivity (Wildman–Crippen MR) is 114 cm³/mol. The maximum atomic E-state index is 13.2. The molecule has 0 aliphatic carbocycles. The molecule has 0 N–H and O–H groups in total. The van der Waals surface area contributed by atoms with Crippen LogP contribution in [0.4, 0.5) is 0 Å². The predicted octanol–water partition coefficient (Wildman–Crippen LogP) is 4.46. The zero-order valence-corrected chi connectivity index (χ0v) is 16.9. The van der Waals surface area contributed by atoms with Gasteiger partial charge in [0.2, 0.25) is 0 Å². The first-order valence-electron chi connectivity index (χ1n) is 9.48. The molecule has 0 radical (unpaired) electrons. The van der Waals surface area contributed by atoms with E-state index in [-0.39, 0.29) is 5.78 Å². The van der Waals surface area contributed by atoms with Crippen LogP contribution in [0, 0.1) is 0 Å². The van der Waals surface area contributed by atoms with E-state index in [1.165, 1.54) is 0 Å². The van der Waals surface area contributed by atoms with Crippen molar-refractivity contribution in [2.45, 2.75) is 19.9 Å². The summed E-state index contributed by atoms with van der Waals surface area (Å²) in [5.74, 6) is 1.67. The number of hydrogen-bond donors (Lipinski definition) is 0. The molecule has 2 aromatic carbocycles. The molecule has 0 unspecified atom stereocenters. The molecular formula is C24H27NO3. The van der Waals surface area contributed by atoms with E-state index < -0.39 is 0 Å². The summed E-state index contributed by atoms with van der Waals surface area (Å²) in [5, 5.41) is 0. The number of rotatable bonds is 5. The summed E-state index contributed by atoms with van der Waals surface area (Å²) in [5.41, 5.74) is 3.52. The Hall–Kier alpha value is -2.85. The van der Waals surface area contributed by atoms with Crippen molar-refractivity contribution in [1.29, 1.82) is 0 Å². The zero-order chi connectivity index (χ0) is 20.1. The Bertz CT molecular complexity index is 842. The molecule has 0 amide bonds. The van der Waals surface area contributed by atoms with Gasteiger partial charge in [-0.05, 0) is 61.4 Å². The van der Waals surface area contributed by atoms with Crippen molar-refractivity contribution < 1.29 is 14.3 Å². The number of ether oxygens (including phenoxy) is 2. The van der Waals surface area contributed by atoms with Crippen molar-refractivity contribution in [3.05, 3.63) is 70.8 Å². The van der Waals surface area contributed by atoms with Crippen LogP contribution in [0.25, 0.3) is 12.2 Å². The van der Waals surface area contributed by atoms with Crippen molar-refractivity contribution >= 4 is 17.9 Å². The average Bonchev–Trinajstić information content (AvgIpc) is 2.71. The first-order chi connectivity index (χ1) is 13.5. The molecule has 1 saturated heterocycles. The van der Waals surface area contributed by atoms with Crippen LogP contribution in [0.15, 0.2) is 59.7 Å². The summed E-state index contributed by atoms with van der Waals surface area (Å²) < 4.78 is 10.6. The number of Topliss-reactive ketones (excluding diaryl/α,β-unsaturated/α-hetero) is 1. The summed E-state index contributed by atoms with van der Waals surface area (Å²) in [6, 6.07) is 15.9. The lowest BCUT2D eigenvalue weighted by Crippen LogP contribution is -2.41. The van der Waals surface area contributed by atoms with Gasteiger partial charge in [0, 0.05) is 30.3 Å². The molecule has 1 aliphatic rings. The topological polar surface area (TPSA) is 38.8 Å². The second-order valence-electron chi connectivity index (χ2n) is 7.22. The van der Waals surface area contributed by atoms with Gasteiger partial charge in [-0.15, -0.1) is 0 Å². The summed E-state index contributed by atoms with van der Waals surface area (Å²) in [4.78, 5) is 15.5. The van der Waals surface area contributed by atoms with Crippen LogP contribution in [0.1, 0.15) is 25.0 Å². The SMILES string of the molecule is COc1cccc(/C=C2/CN(C(C)C)C/C(=C\c3cccc(OC)c3)C2=O)c1. The molecule has 4 nitrogen and oxygen atoms in total. The Morgan fingerprint density at radius 3 is 1.71 bits per heavy atom. The minimum Gasteiger partial charge on any atom is -0.497 e. The summed E-state index contributed by atoms with van der Waals surface area (Å²) in [7, 11) is 3.29. The van der Waals surface area contributed by atoms with Crippen LogP contribution in [-0.2, 0) is 4.79 Å². The Balaban J connectivity index is 1.97. The van der Waals surface area contributed by atoms with E-state index in [2.05, 4.69) is 18.7 Å². The van der Waals surface area contributed by atoms with Crippen LogP contribution in [0.3, 0.4) is 0 Å². The van der Waals surface area contributed by atoms with Crippen molar-refractivity contribution in [1.82, 2.24) is 4.90 Å². The highest BCUT2D eigenvalue weighted by Crippen LogP contribution is 2.25. The molecule has 0 bridgehead atoms. The van der Waals surface area contributed by atoms with Crippen molar-refractivity contribution in [2.24, 2.45) is 0 Å². The summed E-state index contributed by atoms with van der Waals surface area (Å²) in [6.07, 6.45) is 3.94. The van der Waals surface area contributed by atoms with Crippen LogP contribution in [-0.4, -0.2) is 44.0 Å². The van der Waals surface area contributed by atoms with E-state index in [1.807, 2.05) is 60.7 Å². The second kappa shape index (κ2) is 8.89. The van der Waals surface area contributed by atoms with Gasteiger partial charge in [0.05, 0.1) is 14.2 Å². The number of piperidine rings is 1. The number of carbonyl (C=O) groups is 1. The monoisotopic (exact) mass is 377 g/mol. The molecule has 0 aromatic heterocycles. The van der Waals surface area contributed by atoms with Gasteiger partial charge in [-0.25, -0.2) is 0 Å². The van der Waals surface area contributed by atoms with Gasteiger partial charge in [-0.1, -0.05) is 24.3 Å². The van der Waals surface area contributed by atoms with Gasteiger partial charge < -0.3 is 9.47 Å². The van der Waals surface area contributed by atoms with Crippen molar-refractivity contribution in [2.75, 3.05) is 27.3 Å².